The van der Waals surface area contributed by atoms with Crippen molar-refractivity contribution < 1.29 is 19.1 Å². The molecule has 2 rings (SSSR count). The van der Waals surface area contributed by atoms with E-state index in [0.717, 1.165) is 4.47 Å². The molecule has 0 aliphatic carbocycles. The molecule has 0 spiro atoms. The first-order chi connectivity index (χ1) is 8.52. The average Bonchev–Trinajstić information content (AvgIpc) is 2.67. The Morgan fingerprint density at radius 2 is 2.11 bits per heavy atom. The van der Waals surface area contributed by atoms with Crippen molar-refractivity contribution in [3.63, 3.8) is 0 Å². The molecule has 0 atom stereocenters. The quantitative estimate of drug-likeness (QED) is 0.614. The Balaban J connectivity index is 2.48. The summed E-state index contributed by atoms with van der Waals surface area (Å²) in [4.78, 5) is 35.9. The zero-order valence-corrected chi connectivity index (χ0v) is 11.2. The number of methoxy groups -OCH3 is 1. The van der Waals surface area contributed by atoms with Crippen LogP contribution in [-0.2, 0) is 14.3 Å². The van der Waals surface area contributed by atoms with E-state index in [1.165, 1.54) is 12.0 Å². The van der Waals surface area contributed by atoms with Crippen molar-refractivity contribution in [3.8, 4) is 0 Å². The maximum Gasteiger partial charge on any atom is 0.339 e. The van der Waals surface area contributed by atoms with Crippen molar-refractivity contribution in [2.45, 2.75) is 6.42 Å². The third kappa shape index (κ3) is 2.28. The first-order valence-corrected chi connectivity index (χ1v) is 6.02. The van der Waals surface area contributed by atoms with Gasteiger partial charge in [0.05, 0.1) is 31.3 Å². The summed E-state index contributed by atoms with van der Waals surface area (Å²) in [5, 5.41) is 0. The van der Waals surface area contributed by atoms with Gasteiger partial charge in [-0.25, -0.2) is 4.79 Å². The number of ether oxygens (including phenoxy) is 1. The minimum absolute atomic E-state index is 0.000713. The first kappa shape index (κ1) is 12.8. The molecule has 0 bridgehead atoms. The maximum atomic E-state index is 11.7. The molecule has 1 fully saturated rings. The number of halogens is 1. The number of ketones is 1. The van der Waals surface area contributed by atoms with Gasteiger partial charge in [0.15, 0.2) is 5.78 Å². The van der Waals surface area contributed by atoms with Crippen LogP contribution >= 0.6 is 15.9 Å². The van der Waals surface area contributed by atoms with E-state index in [4.69, 9.17) is 0 Å². The van der Waals surface area contributed by atoms with Gasteiger partial charge in [0.1, 0.15) is 0 Å². The number of carbonyl (C=O) groups excluding carboxylic acids is 3. The summed E-state index contributed by atoms with van der Waals surface area (Å²) in [5.74, 6) is -0.997. The molecule has 0 unspecified atom stereocenters. The number of benzene rings is 1. The van der Waals surface area contributed by atoms with Crippen molar-refractivity contribution in [3.05, 3.63) is 28.2 Å². The van der Waals surface area contributed by atoms with Gasteiger partial charge in [0, 0.05) is 4.47 Å². The zero-order valence-electron chi connectivity index (χ0n) is 9.60. The summed E-state index contributed by atoms with van der Waals surface area (Å²) in [7, 11) is 1.27. The molecule has 1 aromatic carbocycles. The van der Waals surface area contributed by atoms with Crippen LogP contribution in [0.15, 0.2) is 22.7 Å². The van der Waals surface area contributed by atoms with E-state index in [2.05, 4.69) is 20.7 Å². The van der Waals surface area contributed by atoms with Crippen molar-refractivity contribution >= 4 is 39.3 Å². The van der Waals surface area contributed by atoms with Gasteiger partial charge in [-0.1, -0.05) is 15.9 Å². The lowest BCUT2D eigenvalue weighted by atomic mass is 10.1. The number of hydrogen-bond donors (Lipinski definition) is 0. The van der Waals surface area contributed by atoms with Gasteiger partial charge in [-0.15, -0.1) is 0 Å². The van der Waals surface area contributed by atoms with E-state index in [-0.39, 0.29) is 30.2 Å². The number of carbonyl (C=O) groups is 3. The van der Waals surface area contributed by atoms with Crippen LogP contribution in [0.5, 0.6) is 0 Å². The van der Waals surface area contributed by atoms with E-state index in [0.29, 0.717) is 5.69 Å². The van der Waals surface area contributed by atoms with E-state index >= 15 is 0 Å². The monoisotopic (exact) mass is 311 g/mol. The summed E-state index contributed by atoms with van der Waals surface area (Å²) in [6, 6.07) is 4.86. The average molecular weight is 312 g/mol. The maximum absolute atomic E-state index is 11.7. The SMILES string of the molecule is COC(=O)c1ccc(Br)cc1N1CC(=O)CC1=O. The summed E-state index contributed by atoms with van der Waals surface area (Å²) < 4.78 is 5.38. The molecule has 0 aromatic heterocycles. The molecule has 94 valence electrons. The van der Waals surface area contributed by atoms with Crippen LogP contribution in [0.2, 0.25) is 0 Å². The fourth-order valence-electron chi connectivity index (χ4n) is 1.81. The van der Waals surface area contributed by atoms with Crippen LogP contribution in [-0.4, -0.2) is 31.3 Å². The molecule has 0 radical (unpaired) electrons. The van der Waals surface area contributed by atoms with Crippen LogP contribution in [0.25, 0.3) is 0 Å². The van der Waals surface area contributed by atoms with E-state index in [1.807, 2.05) is 0 Å². The van der Waals surface area contributed by atoms with Crippen LogP contribution in [0.1, 0.15) is 16.8 Å². The molecule has 5 nitrogen and oxygen atoms in total. The van der Waals surface area contributed by atoms with Crippen molar-refractivity contribution in [1.82, 2.24) is 0 Å². The molecule has 1 aromatic rings. The second-order valence-electron chi connectivity index (χ2n) is 3.85. The van der Waals surface area contributed by atoms with Crippen LogP contribution in [0.3, 0.4) is 0 Å². The minimum atomic E-state index is -0.537. The van der Waals surface area contributed by atoms with E-state index in [1.54, 1.807) is 18.2 Å². The highest BCUT2D eigenvalue weighted by atomic mass is 79.9. The largest absolute Gasteiger partial charge is 0.465 e. The van der Waals surface area contributed by atoms with Crippen LogP contribution in [0, 0.1) is 0 Å². The molecule has 1 saturated heterocycles. The van der Waals surface area contributed by atoms with E-state index < -0.39 is 5.97 Å². The second kappa shape index (κ2) is 4.89. The molecule has 1 aliphatic rings. The number of amides is 1. The molecule has 18 heavy (non-hydrogen) atoms. The normalized spacial score (nSPS) is 15.1. The lowest BCUT2D eigenvalue weighted by Crippen LogP contribution is -2.26. The predicted octanol–water partition coefficient (Wildman–Crippen LogP) is 1.54. The highest BCUT2D eigenvalue weighted by molar-refractivity contribution is 9.10. The van der Waals surface area contributed by atoms with Crippen molar-refractivity contribution in [1.29, 1.82) is 0 Å². The Morgan fingerprint density at radius 3 is 2.67 bits per heavy atom. The highest BCUT2D eigenvalue weighted by Crippen LogP contribution is 2.28. The molecule has 0 N–H and O–H groups in total. The predicted molar refractivity (Wildman–Crippen MR) is 67.5 cm³/mol. The number of nitrogens with zero attached hydrogens (tertiary/aromatic N) is 1. The standard InChI is InChI=1S/C12H10BrNO4/c1-18-12(17)9-3-2-7(13)4-10(9)14-6-8(15)5-11(14)16/h2-4H,5-6H2,1H3. The van der Waals surface area contributed by atoms with E-state index in [9.17, 15) is 14.4 Å². The molecule has 1 heterocycles. The minimum Gasteiger partial charge on any atom is -0.465 e. The lowest BCUT2D eigenvalue weighted by Gasteiger charge is -2.18. The van der Waals surface area contributed by atoms with Crippen molar-refractivity contribution in [2.75, 3.05) is 18.6 Å². The number of Topliss-reactive ketones (excluding diaryl/α,β-unsaturated/α-hetero) is 1. The van der Waals surface area contributed by atoms with Crippen LogP contribution < -0.4 is 4.90 Å². The number of rotatable bonds is 2. The Hall–Kier alpha value is -1.69. The fourth-order valence-corrected chi connectivity index (χ4v) is 2.16. The molecule has 1 amide bonds. The van der Waals surface area contributed by atoms with Gasteiger partial charge in [-0.05, 0) is 18.2 Å². The third-order valence-corrected chi connectivity index (χ3v) is 3.13. The van der Waals surface area contributed by atoms with Gasteiger partial charge in [-0.2, -0.15) is 0 Å². The van der Waals surface area contributed by atoms with Gasteiger partial charge in [0.25, 0.3) is 0 Å². The summed E-state index contributed by atoms with van der Waals surface area (Å²) in [6.45, 7) is -0.000713. The first-order valence-electron chi connectivity index (χ1n) is 5.23. The van der Waals surface area contributed by atoms with Gasteiger partial charge in [-0.3, -0.25) is 9.59 Å². The number of hydrogen-bond acceptors (Lipinski definition) is 4. The molecule has 1 aliphatic heterocycles. The molecule has 6 heteroatoms. The molecule has 0 saturated carbocycles. The number of esters is 1. The third-order valence-electron chi connectivity index (χ3n) is 2.64. The summed E-state index contributed by atoms with van der Waals surface area (Å²) >= 11 is 3.27. The fraction of sp³-hybridized carbons (Fsp3) is 0.250. The van der Waals surface area contributed by atoms with Gasteiger partial charge < -0.3 is 9.64 Å². The lowest BCUT2D eigenvalue weighted by molar-refractivity contribution is -0.121. The van der Waals surface area contributed by atoms with Crippen LogP contribution in [0.4, 0.5) is 5.69 Å². The topological polar surface area (TPSA) is 63.7 Å². The highest BCUT2D eigenvalue weighted by Gasteiger charge is 2.31. The summed E-state index contributed by atoms with van der Waals surface area (Å²) in [6.07, 6.45) is -0.118. The van der Waals surface area contributed by atoms with Crippen molar-refractivity contribution in [2.24, 2.45) is 0 Å². The zero-order chi connectivity index (χ0) is 13.3. The molecular weight excluding hydrogens is 302 g/mol. The summed E-state index contributed by atoms with van der Waals surface area (Å²) in [5.41, 5.74) is 0.663. The molecular formula is C12H10BrNO4. The Morgan fingerprint density at radius 1 is 1.39 bits per heavy atom. The van der Waals surface area contributed by atoms with Gasteiger partial charge >= 0.3 is 5.97 Å². The Kier molecular flexibility index (Phi) is 3.47. The smallest absolute Gasteiger partial charge is 0.339 e. The Labute approximate surface area is 112 Å². The number of anilines is 1. The Bertz CT molecular complexity index is 541. The second-order valence-corrected chi connectivity index (χ2v) is 4.76. The van der Waals surface area contributed by atoms with Gasteiger partial charge in [0.2, 0.25) is 5.91 Å².